The van der Waals surface area contributed by atoms with Crippen molar-refractivity contribution in [3.05, 3.63) is 0 Å². The standard InChI is InChI=1S/C14H25Br/c1-3-6-14(2,10-15)9-13-8-11-4-5-12(13)7-11/h11-13H,3-10H2,1-2H3. The van der Waals surface area contributed by atoms with Crippen LogP contribution < -0.4 is 0 Å². The molecule has 2 aliphatic rings. The van der Waals surface area contributed by atoms with E-state index in [9.17, 15) is 0 Å². The third kappa shape index (κ3) is 2.60. The molecule has 2 bridgehead atoms. The zero-order chi connectivity index (χ0) is 10.9. The van der Waals surface area contributed by atoms with Crippen LogP contribution in [0.4, 0.5) is 0 Å². The van der Waals surface area contributed by atoms with Crippen molar-refractivity contribution in [2.45, 2.75) is 58.8 Å². The van der Waals surface area contributed by atoms with Crippen LogP contribution >= 0.6 is 15.9 Å². The molecule has 4 atom stereocenters. The molecule has 0 aromatic heterocycles. The van der Waals surface area contributed by atoms with Crippen LogP contribution in [0.3, 0.4) is 0 Å². The second-order valence-corrected chi connectivity index (χ2v) is 6.89. The molecule has 0 radical (unpaired) electrons. The van der Waals surface area contributed by atoms with Gasteiger partial charge in [0.2, 0.25) is 0 Å². The van der Waals surface area contributed by atoms with E-state index in [-0.39, 0.29) is 0 Å². The van der Waals surface area contributed by atoms with E-state index in [1.165, 1.54) is 24.6 Å². The molecule has 0 N–H and O–H groups in total. The Morgan fingerprint density at radius 1 is 1.27 bits per heavy atom. The van der Waals surface area contributed by atoms with Crippen molar-refractivity contribution >= 4 is 15.9 Å². The molecule has 88 valence electrons. The van der Waals surface area contributed by atoms with Crippen LogP contribution in [-0.4, -0.2) is 5.33 Å². The first-order valence-corrected chi connectivity index (χ1v) is 7.85. The van der Waals surface area contributed by atoms with Gasteiger partial charge in [0, 0.05) is 5.33 Å². The molecule has 0 saturated heterocycles. The summed E-state index contributed by atoms with van der Waals surface area (Å²) in [6, 6.07) is 0. The molecule has 15 heavy (non-hydrogen) atoms. The Labute approximate surface area is 103 Å². The molecular formula is C14H25Br. The summed E-state index contributed by atoms with van der Waals surface area (Å²) in [7, 11) is 0. The quantitative estimate of drug-likeness (QED) is 0.617. The van der Waals surface area contributed by atoms with E-state index in [0.717, 1.165) is 17.8 Å². The minimum absolute atomic E-state index is 0.573. The molecule has 2 rings (SSSR count). The molecule has 4 unspecified atom stereocenters. The molecule has 0 aromatic rings. The molecule has 0 amide bonds. The van der Waals surface area contributed by atoms with E-state index < -0.39 is 0 Å². The predicted octanol–water partition coefficient (Wildman–Crippen LogP) is 5.01. The minimum Gasteiger partial charge on any atom is -0.0922 e. The number of hydrogen-bond donors (Lipinski definition) is 0. The summed E-state index contributed by atoms with van der Waals surface area (Å²) in [4.78, 5) is 0. The highest BCUT2D eigenvalue weighted by Crippen LogP contribution is 2.52. The van der Waals surface area contributed by atoms with Crippen LogP contribution in [0.5, 0.6) is 0 Å². The maximum absolute atomic E-state index is 3.73. The van der Waals surface area contributed by atoms with Gasteiger partial charge in [0.1, 0.15) is 0 Å². The molecule has 1 heteroatoms. The minimum atomic E-state index is 0.573. The summed E-state index contributed by atoms with van der Waals surface area (Å²) >= 11 is 3.73. The molecular weight excluding hydrogens is 248 g/mol. The summed E-state index contributed by atoms with van der Waals surface area (Å²) in [6.07, 6.45) is 10.4. The van der Waals surface area contributed by atoms with Gasteiger partial charge in [-0.3, -0.25) is 0 Å². The van der Waals surface area contributed by atoms with E-state index in [1.807, 2.05) is 0 Å². The summed E-state index contributed by atoms with van der Waals surface area (Å²) in [5.41, 5.74) is 0.573. The van der Waals surface area contributed by atoms with Crippen LogP contribution in [0.15, 0.2) is 0 Å². The van der Waals surface area contributed by atoms with Crippen molar-refractivity contribution in [3.63, 3.8) is 0 Å². The van der Waals surface area contributed by atoms with E-state index >= 15 is 0 Å². The Hall–Kier alpha value is 0.480. The number of rotatable bonds is 5. The van der Waals surface area contributed by atoms with Gasteiger partial charge in [-0.25, -0.2) is 0 Å². The van der Waals surface area contributed by atoms with Crippen molar-refractivity contribution in [1.29, 1.82) is 0 Å². The molecule has 0 aromatic carbocycles. The monoisotopic (exact) mass is 272 g/mol. The zero-order valence-corrected chi connectivity index (χ0v) is 11.9. The number of halogens is 1. The maximum Gasteiger partial charge on any atom is 0.00854 e. The third-order valence-electron chi connectivity index (χ3n) is 4.82. The van der Waals surface area contributed by atoms with Crippen molar-refractivity contribution in [2.24, 2.45) is 23.2 Å². The van der Waals surface area contributed by atoms with E-state index in [0.29, 0.717) is 5.41 Å². The SMILES string of the molecule is CCCC(C)(CBr)CC1CC2CCC1C2. The first-order valence-electron chi connectivity index (χ1n) is 6.73. The smallest absolute Gasteiger partial charge is 0.00854 e. The second-order valence-electron chi connectivity index (χ2n) is 6.33. The number of fused-ring (bicyclic) bond motifs is 2. The zero-order valence-electron chi connectivity index (χ0n) is 10.3. The van der Waals surface area contributed by atoms with E-state index in [1.54, 1.807) is 25.7 Å². The summed E-state index contributed by atoms with van der Waals surface area (Å²) in [6.45, 7) is 4.80. The lowest BCUT2D eigenvalue weighted by molar-refractivity contribution is 0.200. The second kappa shape index (κ2) is 4.77. The van der Waals surface area contributed by atoms with Crippen molar-refractivity contribution < 1.29 is 0 Å². The first-order chi connectivity index (χ1) is 7.17. The molecule has 0 aliphatic heterocycles. The molecule has 0 heterocycles. The maximum atomic E-state index is 3.73. The lowest BCUT2D eigenvalue weighted by atomic mass is 9.74. The largest absolute Gasteiger partial charge is 0.0922 e. The first kappa shape index (κ1) is 12.0. The predicted molar refractivity (Wildman–Crippen MR) is 70.4 cm³/mol. The van der Waals surface area contributed by atoms with Gasteiger partial charge in [0.05, 0.1) is 0 Å². The van der Waals surface area contributed by atoms with Crippen molar-refractivity contribution in [3.8, 4) is 0 Å². The highest BCUT2D eigenvalue weighted by molar-refractivity contribution is 9.09. The molecule has 0 nitrogen and oxygen atoms in total. The summed E-state index contributed by atoms with van der Waals surface area (Å²) < 4.78 is 0. The Kier molecular flexibility index (Phi) is 3.80. The van der Waals surface area contributed by atoms with Crippen molar-refractivity contribution in [2.75, 3.05) is 5.33 Å². The molecule has 2 fully saturated rings. The van der Waals surface area contributed by atoms with Crippen molar-refractivity contribution in [1.82, 2.24) is 0 Å². The molecule has 2 saturated carbocycles. The van der Waals surface area contributed by atoms with E-state index in [4.69, 9.17) is 0 Å². The van der Waals surface area contributed by atoms with Gasteiger partial charge in [-0.05, 0) is 55.3 Å². The van der Waals surface area contributed by atoms with Gasteiger partial charge < -0.3 is 0 Å². The van der Waals surface area contributed by atoms with Gasteiger partial charge in [-0.2, -0.15) is 0 Å². The lowest BCUT2D eigenvalue weighted by Gasteiger charge is -2.33. The number of alkyl halides is 1. The number of hydrogen-bond acceptors (Lipinski definition) is 0. The normalized spacial score (nSPS) is 38.2. The average Bonchev–Trinajstić information content (AvgIpc) is 2.79. The Bertz CT molecular complexity index is 213. The fourth-order valence-corrected chi connectivity index (χ4v) is 4.60. The van der Waals surface area contributed by atoms with Gasteiger partial charge in [0.25, 0.3) is 0 Å². The van der Waals surface area contributed by atoms with Crippen LogP contribution in [0.1, 0.15) is 58.8 Å². The third-order valence-corrected chi connectivity index (χ3v) is 6.17. The Morgan fingerprint density at radius 2 is 2.07 bits per heavy atom. The van der Waals surface area contributed by atoms with Gasteiger partial charge in [-0.1, -0.05) is 42.6 Å². The van der Waals surface area contributed by atoms with Crippen LogP contribution in [-0.2, 0) is 0 Å². The highest BCUT2D eigenvalue weighted by Gasteiger charge is 2.41. The topological polar surface area (TPSA) is 0 Å². The van der Waals surface area contributed by atoms with Gasteiger partial charge >= 0.3 is 0 Å². The Balaban J connectivity index is 1.89. The average molecular weight is 273 g/mol. The van der Waals surface area contributed by atoms with Gasteiger partial charge in [0.15, 0.2) is 0 Å². The summed E-state index contributed by atoms with van der Waals surface area (Å²) in [5.74, 6) is 3.28. The fourth-order valence-electron chi connectivity index (χ4n) is 4.09. The van der Waals surface area contributed by atoms with Crippen LogP contribution in [0.2, 0.25) is 0 Å². The van der Waals surface area contributed by atoms with Gasteiger partial charge in [-0.15, -0.1) is 0 Å². The molecule has 2 aliphatic carbocycles. The fraction of sp³-hybridized carbons (Fsp3) is 1.00. The molecule has 0 spiro atoms. The van der Waals surface area contributed by atoms with Crippen LogP contribution in [0, 0.1) is 23.2 Å². The summed E-state index contributed by atoms with van der Waals surface area (Å²) in [5, 5.41) is 1.20. The Morgan fingerprint density at radius 3 is 2.53 bits per heavy atom. The lowest BCUT2D eigenvalue weighted by Crippen LogP contribution is -2.25. The highest BCUT2D eigenvalue weighted by atomic mass is 79.9. The van der Waals surface area contributed by atoms with E-state index in [2.05, 4.69) is 29.8 Å². The van der Waals surface area contributed by atoms with Crippen LogP contribution in [0.25, 0.3) is 0 Å².